The smallest absolute Gasteiger partial charge is 0.311 e. The summed E-state index contributed by atoms with van der Waals surface area (Å²) in [7, 11) is 0. The third kappa shape index (κ3) is 2.66. The van der Waals surface area contributed by atoms with Gasteiger partial charge < -0.3 is 10.0 Å². The summed E-state index contributed by atoms with van der Waals surface area (Å²) in [6, 6.07) is 2.89. The van der Waals surface area contributed by atoms with E-state index in [1.54, 1.807) is 26.8 Å². The van der Waals surface area contributed by atoms with Gasteiger partial charge in [0.2, 0.25) is 0 Å². The molecule has 22 heavy (non-hydrogen) atoms. The number of amides is 1. The Kier molecular flexibility index (Phi) is 3.91. The van der Waals surface area contributed by atoms with Crippen LogP contribution in [-0.2, 0) is 4.79 Å². The Hall–Kier alpha value is -2.44. The molecular weight excluding hydrogens is 288 g/mol. The number of nitro benzene ring substituents is 1. The number of aliphatic carboxylic acids is 1. The van der Waals surface area contributed by atoms with E-state index in [-0.39, 0.29) is 23.7 Å². The minimum absolute atomic E-state index is 0.103. The van der Waals surface area contributed by atoms with Crippen LogP contribution in [0.1, 0.15) is 34.8 Å². The molecule has 7 heteroatoms. The number of nitrogens with zero attached hydrogens (tertiary/aromatic N) is 2. The molecule has 1 fully saturated rings. The van der Waals surface area contributed by atoms with Gasteiger partial charge in [0.25, 0.3) is 11.6 Å². The Balaban J connectivity index is 2.33. The quantitative estimate of drug-likeness (QED) is 0.681. The summed E-state index contributed by atoms with van der Waals surface area (Å²) in [5.41, 5.74) is 0.342. The fourth-order valence-corrected chi connectivity index (χ4v) is 2.75. The van der Waals surface area contributed by atoms with Gasteiger partial charge in [-0.3, -0.25) is 19.7 Å². The number of carbonyl (C=O) groups is 2. The second-order valence-electron chi connectivity index (χ2n) is 6.05. The average molecular weight is 306 g/mol. The van der Waals surface area contributed by atoms with Gasteiger partial charge in [-0.15, -0.1) is 0 Å². The molecule has 1 heterocycles. The van der Waals surface area contributed by atoms with Crippen LogP contribution in [0.15, 0.2) is 12.1 Å². The molecule has 0 bridgehead atoms. The minimum Gasteiger partial charge on any atom is -0.481 e. The van der Waals surface area contributed by atoms with Crippen molar-refractivity contribution in [1.29, 1.82) is 0 Å². The fourth-order valence-electron chi connectivity index (χ4n) is 2.75. The van der Waals surface area contributed by atoms with Crippen LogP contribution in [0.25, 0.3) is 0 Å². The lowest BCUT2D eigenvalue weighted by Gasteiger charge is -2.21. The first-order valence-corrected chi connectivity index (χ1v) is 6.94. The topological polar surface area (TPSA) is 101 Å². The van der Waals surface area contributed by atoms with E-state index in [0.29, 0.717) is 24.1 Å². The molecule has 0 aromatic heterocycles. The van der Waals surface area contributed by atoms with Gasteiger partial charge in [-0.05, 0) is 38.8 Å². The zero-order valence-corrected chi connectivity index (χ0v) is 12.8. The van der Waals surface area contributed by atoms with E-state index < -0.39 is 16.3 Å². The van der Waals surface area contributed by atoms with Crippen LogP contribution in [0.3, 0.4) is 0 Å². The summed E-state index contributed by atoms with van der Waals surface area (Å²) in [6.45, 7) is 5.39. The van der Waals surface area contributed by atoms with Crippen LogP contribution in [0.5, 0.6) is 0 Å². The molecule has 1 saturated heterocycles. The van der Waals surface area contributed by atoms with Crippen LogP contribution >= 0.6 is 0 Å². The SMILES string of the molecule is Cc1cc(C)c([N+](=O)[O-])cc1C(=O)N1CCC(C)(C(=O)O)C1. The minimum atomic E-state index is -0.958. The predicted molar refractivity (Wildman–Crippen MR) is 78.8 cm³/mol. The molecular formula is C15H18N2O5. The highest BCUT2D eigenvalue weighted by molar-refractivity contribution is 5.97. The van der Waals surface area contributed by atoms with Crippen molar-refractivity contribution in [2.45, 2.75) is 27.2 Å². The first-order chi connectivity index (χ1) is 10.2. The first kappa shape index (κ1) is 15.9. The number of likely N-dealkylation sites (tertiary alicyclic amines) is 1. The highest BCUT2D eigenvalue weighted by Gasteiger charge is 2.42. The Morgan fingerprint density at radius 3 is 2.45 bits per heavy atom. The monoisotopic (exact) mass is 306 g/mol. The number of benzene rings is 1. The number of hydrogen-bond donors (Lipinski definition) is 1. The number of carbonyl (C=O) groups excluding carboxylic acids is 1. The van der Waals surface area contributed by atoms with Gasteiger partial charge >= 0.3 is 5.97 Å². The molecule has 1 unspecified atom stereocenters. The van der Waals surface area contributed by atoms with Crippen molar-refractivity contribution < 1.29 is 19.6 Å². The fraction of sp³-hybridized carbons (Fsp3) is 0.467. The Morgan fingerprint density at radius 2 is 1.95 bits per heavy atom. The van der Waals surface area contributed by atoms with Gasteiger partial charge in [-0.25, -0.2) is 0 Å². The van der Waals surface area contributed by atoms with E-state index in [1.165, 1.54) is 11.0 Å². The predicted octanol–water partition coefficient (Wildman–Crippen LogP) is 2.15. The van der Waals surface area contributed by atoms with Crippen LogP contribution in [-0.4, -0.2) is 39.9 Å². The maximum atomic E-state index is 12.6. The van der Waals surface area contributed by atoms with E-state index in [4.69, 9.17) is 0 Å². The van der Waals surface area contributed by atoms with Gasteiger partial charge in [0.05, 0.1) is 10.3 Å². The summed E-state index contributed by atoms with van der Waals surface area (Å²) in [6.07, 6.45) is 0.376. The zero-order valence-electron chi connectivity index (χ0n) is 12.8. The molecule has 0 aliphatic carbocycles. The number of hydrogen-bond acceptors (Lipinski definition) is 4. The summed E-state index contributed by atoms with van der Waals surface area (Å²) in [5.74, 6) is -1.29. The number of carboxylic acid groups (broad SMARTS) is 1. The van der Waals surface area contributed by atoms with Crippen molar-refractivity contribution in [3.05, 3.63) is 38.9 Å². The second-order valence-corrected chi connectivity index (χ2v) is 6.05. The second kappa shape index (κ2) is 5.40. The van der Waals surface area contributed by atoms with Crippen molar-refractivity contribution in [2.24, 2.45) is 5.41 Å². The van der Waals surface area contributed by atoms with Crippen molar-refractivity contribution in [3.63, 3.8) is 0 Å². The van der Waals surface area contributed by atoms with Crippen molar-refractivity contribution in [2.75, 3.05) is 13.1 Å². The molecule has 0 radical (unpaired) electrons. The van der Waals surface area contributed by atoms with Gasteiger partial charge in [0.15, 0.2) is 0 Å². The molecule has 2 rings (SSSR count). The van der Waals surface area contributed by atoms with Crippen LogP contribution in [0.4, 0.5) is 5.69 Å². The average Bonchev–Trinajstić information content (AvgIpc) is 2.82. The largest absolute Gasteiger partial charge is 0.481 e. The lowest BCUT2D eigenvalue weighted by molar-refractivity contribution is -0.385. The van der Waals surface area contributed by atoms with Crippen molar-refractivity contribution in [1.82, 2.24) is 4.90 Å². The molecule has 1 aliphatic rings. The molecule has 1 aromatic rings. The molecule has 0 spiro atoms. The maximum absolute atomic E-state index is 12.6. The van der Waals surface area contributed by atoms with Gasteiger partial charge in [-0.2, -0.15) is 0 Å². The highest BCUT2D eigenvalue weighted by atomic mass is 16.6. The lowest BCUT2D eigenvalue weighted by atomic mass is 9.90. The molecule has 1 amide bonds. The normalized spacial score (nSPS) is 21.0. The number of aryl methyl sites for hydroxylation is 2. The molecule has 7 nitrogen and oxygen atoms in total. The molecule has 0 saturated carbocycles. The number of rotatable bonds is 3. The van der Waals surface area contributed by atoms with E-state index in [0.717, 1.165) is 0 Å². The molecule has 1 atom stereocenters. The van der Waals surface area contributed by atoms with Crippen molar-refractivity contribution in [3.8, 4) is 0 Å². The summed E-state index contributed by atoms with van der Waals surface area (Å²) >= 11 is 0. The van der Waals surface area contributed by atoms with Crippen LogP contribution < -0.4 is 0 Å². The zero-order chi connectivity index (χ0) is 16.7. The molecule has 1 aromatic carbocycles. The van der Waals surface area contributed by atoms with Gasteiger partial charge in [0.1, 0.15) is 0 Å². The third-order valence-corrected chi connectivity index (χ3v) is 4.25. The Bertz CT molecular complexity index is 670. The summed E-state index contributed by atoms with van der Waals surface area (Å²) in [4.78, 5) is 35.8. The third-order valence-electron chi connectivity index (χ3n) is 4.25. The molecule has 1 N–H and O–H groups in total. The van der Waals surface area contributed by atoms with E-state index in [1.807, 2.05) is 0 Å². The Morgan fingerprint density at radius 1 is 1.32 bits per heavy atom. The number of nitro groups is 1. The van der Waals surface area contributed by atoms with E-state index >= 15 is 0 Å². The summed E-state index contributed by atoms with van der Waals surface area (Å²) in [5, 5.41) is 20.2. The highest BCUT2D eigenvalue weighted by Crippen LogP contribution is 2.32. The molecule has 1 aliphatic heterocycles. The lowest BCUT2D eigenvalue weighted by Crippen LogP contribution is -2.35. The van der Waals surface area contributed by atoms with Crippen LogP contribution in [0.2, 0.25) is 0 Å². The standard InChI is InChI=1S/C15H18N2O5/c1-9-6-10(2)12(17(21)22)7-11(9)13(18)16-5-4-15(3,8-16)14(19)20/h6-7H,4-5,8H2,1-3H3,(H,19,20). The van der Waals surface area contributed by atoms with Crippen LogP contribution in [0, 0.1) is 29.4 Å². The van der Waals surface area contributed by atoms with E-state index in [2.05, 4.69) is 0 Å². The number of carboxylic acids is 1. The molecule has 118 valence electrons. The summed E-state index contributed by atoms with van der Waals surface area (Å²) < 4.78 is 0. The maximum Gasteiger partial charge on any atom is 0.311 e. The Labute approximate surface area is 127 Å². The van der Waals surface area contributed by atoms with Gasteiger partial charge in [0, 0.05) is 30.3 Å². The van der Waals surface area contributed by atoms with Gasteiger partial charge in [-0.1, -0.05) is 0 Å². The van der Waals surface area contributed by atoms with Crippen molar-refractivity contribution >= 4 is 17.6 Å². The van der Waals surface area contributed by atoms with E-state index in [9.17, 15) is 24.8 Å². The first-order valence-electron chi connectivity index (χ1n) is 6.94.